The molecule has 0 radical (unpaired) electrons. The third-order valence-corrected chi connectivity index (χ3v) is 10.2. The highest BCUT2D eigenvalue weighted by Gasteiger charge is 2.15. The fraction of sp³-hybridized carbons (Fsp3) is 0. The van der Waals surface area contributed by atoms with Crippen molar-refractivity contribution in [3.05, 3.63) is 146 Å². The van der Waals surface area contributed by atoms with E-state index in [1.165, 1.54) is 30.9 Å². The summed E-state index contributed by atoms with van der Waals surface area (Å²) in [5.74, 6) is 0.724. The van der Waals surface area contributed by atoms with E-state index in [0.29, 0.717) is 0 Å². The van der Waals surface area contributed by atoms with Crippen molar-refractivity contribution >= 4 is 75.1 Å². The van der Waals surface area contributed by atoms with Crippen LogP contribution < -0.4 is 0 Å². The Bertz CT molecular complexity index is 2810. The molecule has 10 aromatic rings. The van der Waals surface area contributed by atoms with Gasteiger partial charge in [0, 0.05) is 47.5 Å². The van der Waals surface area contributed by atoms with Crippen molar-refractivity contribution in [1.82, 2.24) is 9.97 Å². The molecule has 3 heterocycles. The van der Waals surface area contributed by atoms with E-state index >= 15 is 0 Å². The first kappa shape index (κ1) is 25.5. The molecule has 4 heteroatoms. The number of aromatic nitrogens is 2. The van der Waals surface area contributed by atoms with E-state index in [0.717, 1.165) is 66.6 Å². The van der Waals surface area contributed by atoms with Gasteiger partial charge in [-0.15, -0.1) is 11.3 Å². The molecular formula is C42H24N2OS. The van der Waals surface area contributed by atoms with Crippen molar-refractivity contribution in [3.8, 4) is 33.8 Å². The molecule has 0 amide bonds. The second kappa shape index (κ2) is 9.83. The van der Waals surface area contributed by atoms with Gasteiger partial charge in [-0.3, -0.25) is 0 Å². The van der Waals surface area contributed by atoms with Crippen molar-refractivity contribution < 1.29 is 4.42 Å². The lowest BCUT2D eigenvalue weighted by Gasteiger charge is -2.10. The summed E-state index contributed by atoms with van der Waals surface area (Å²) < 4.78 is 8.73. The Labute approximate surface area is 268 Å². The molecule has 0 unspecified atom stereocenters. The minimum Gasteiger partial charge on any atom is -0.456 e. The zero-order valence-corrected chi connectivity index (χ0v) is 25.4. The van der Waals surface area contributed by atoms with Crippen LogP contribution in [0.15, 0.2) is 150 Å². The molecule has 3 aromatic heterocycles. The molecule has 0 aliphatic heterocycles. The number of thiophene rings is 1. The van der Waals surface area contributed by atoms with E-state index < -0.39 is 0 Å². The zero-order chi connectivity index (χ0) is 30.2. The quantitative estimate of drug-likeness (QED) is 0.201. The first-order valence-electron chi connectivity index (χ1n) is 15.4. The third kappa shape index (κ3) is 3.91. The Morgan fingerprint density at radius 3 is 2.04 bits per heavy atom. The van der Waals surface area contributed by atoms with Crippen LogP contribution in [0.25, 0.3) is 97.6 Å². The largest absolute Gasteiger partial charge is 0.456 e. The Morgan fingerprint density at radius 1 is 0.435 bits per heavy atom. The highest BCUT2D eigenvalue weighted by atomic mass is 32.1. The number of para-hydroxylation sites is 2. The van der Waals surface area contributed by atoms with Crippen molar-refractivity contribution in [2.24, 2.45) is 0 Å². The first-order valence-corrected chi connectivity index (χ1v) is 16.2. The maximum absolute atomic E-state index is 6.16. The molecule has 10 rings (SSSR count). The number of hydrogen-bond donors (Lipinski definition) is 0. The smallest absolute Gasteiger partial charge is 0.160 e. The molecule has 0 spiro atoms. The predicted octanol–water partition coefficient (Wildman–Crippen LogP) is 12.1. The van der Waals surface area contributed by atoms with Gasteiger partial charge < -0.3 is 4.42 Å². The van der Waals surface area contributed by atoms with E-state index in [-0.39, 0.29) is 0 Å². The van der Waals surface area contributed by atoms with E-state index in [9.17, 15) is 0 Å². The zero-order valence-electron chi connectivity index (χ0n) is 24.6. The van der Waals surface area contributed by atoms with Crippen LogP contribution in [-0.2, 0) is 0 Å². The van der Waals surface area contributed by atoms with Crippen LogP contribution in [0.1, 0.15) is 0 Å². The van der Waals surface area contributed by atoms with Crippen LogP contribution in [0, 0.1) is 0 Å². The van der Waals surface area contributed by atoms with Crippen LogP contribution in [0.5, 0.6) is 0 Å². The normalized spacial score (nSPS) is 11.9. The summed E-state index contributed by atoms with van der Waals surface area (Å²) in [5.41, 5.74) is 8.12. The lowest BCUT2D eigenvalue weighted by molar-refractivity contribution is 0.669. The molecule has 0 aliphatic rings. The van der Waals surface area contributed by atoms with Crippen molar-refractivity contribution in [2.75, 3.05) is 0 Å². The Morgan fingerprint density at radius 2 is 1.13 bits per heavy atom. The number of hydrogen-bond acceptors (Lipinski definition) is 4. The van der Waals surface area contributed by atoms with Gasteiger partial charge in [0.05, 0.1) is 11.2 Å². The maximum Gasteiger partial charge on any atom is 0.160 e. The summed E-state index contributed by atoms with van der Waals surface area (Å²) >= 11 is 1.83. The highest BCUT2D eigenvalue weighted by Crippen LogP contribution is 2.39. The van der Waals surface area contributed by atoms with E-state index in [1.807, 2.05) is 29.5 Å². The summed E-state index contributed by atoms with van der Waals surface area (Å²) in [4.78, 5) is 10.2. The average molecular weight is 605 g/mol. The van der Waals surface area contributed by atoms with E-state index in [1.54, 1.807) is 0 Å². The first-order chi connectivity index (χ1) is 22.8. The number of fused-ring (bicyclic) bond motifs is 9. The lowest BCUT2D eigenvalue weighted by Crippen LogP contribution is -1.95. The number of benzene rings is 7. The predicted molar refractivity (Wildman–Crippen MR) is 194 cm³/mol. The average Bonchev–Trinajstić information content (AvgIpc) is 3.69. The molecule has 0 atom stereocenters. The van der Waals surface area contributed by atoms with Gasteiger partial charge in [0.15, 0.2) is 5.82 Å². The Kier molecular flexibility index (Phi) is 5.45. The molecule has 3 nitrogen and oxygen atoms in total. The summed E-state index contributed by atoms with van der Waals surface area (Å²) in [6, 6.07) is 51.4. The number of furan rings is 1. The third-order valence-electron chi connectivity index (χ3n) is 9.09. The van der Waals surface area contributed by atoms with Crippen LogP contribution in [-0.4, -0.2) is 9.97 Å². The monoisotopic (exact) mass is 604 g/mol. The van der Waals surface area contributed by atoms with Gasteiger partial charge in [0.1, 0.15) is 11.2 Å². The second-order valence-electron chi connectivity index (χ2n) is 11.8. The molecule has 0 fully saturated rings. The Hall–Kier alpha value is -5.84. The minimum atomic E-state index is 0.724. The van der Waals surface area contributed by atoms with E-state index in [4.69, 9.17) is 14.4 Å². The topological polar surface area (TPSA) is 38.9 Å². The van der Waals surface area contributed by atoms with Crippen LogP contribution in [0.4, 0.5) is 0 Å². The lowest BCUT2D eigenvalue weighted by atomic mass is 9.97. The SMILES string of the molecule is c1ccc2c(-c3ccc4c(c3)sc3ccccc34)nc(-c3ccc(-c4ccc5ccc6oc7ccccc7c6c5c4)cc3)nc2c1. The summed E-state index contributed by atoms with van der Waals surface area (Å²) in [7, 11) is 0. The van der Waals surface area contributed by atoms with Crippen molar-refractivity contribution in [1.29, 1.82) is 0 Å². The standard InChI is InChI=1S/C42H24N2OS/c1-4-10-35-32(8-1)41(29-19-21-31-30-7-3-6-12-38(30)46-39(31)24-29)44-42(43-35)27-16-13-25(14-17-27)28-18-15-26-20-22-37-40(34(26)23-28)33-9-2-5-11-36(33)45-37/h1-24H. The van der Waals surface area contributed by atoms with Crippen LogP contribution in [0.3, 0.4) is 0 Å². The molecule has 0 saturated carbocycles. The van der Waals surface area contributed by atoms with Gasteiger partial charge in [-0.2, -0.15) is 0 Å². The highest BCUT2D eigenvalue weighted by molar-refractivity contribution is 7.25. The molecule has 0 aliphatic carbocycles. The van der Waals surface area contributed by atoms with Crippen molar-refractivity contribution in [2.45, 2.75) is 0 Å². The van der Waals surface area contributed by atoms with Gasteiger partial charge >= 0.3 is 0 Å². The van der Waals surface area contributed by atoms with Gasteiger partial charge in [-0.05, 0) is 58.3 Å². The molecule has 0 bridgehead atoms. The molecule has 214 valence electrons. The fourth-order valence-electron chi connectivity index (χ4n) is 6.83. The second-order valence-corrected chi connectivity index (χ2v) is 12.9. The fourth-order valence-corrected chi connectivity index (χ4v) is 7.98. The van der Waals surface area contributed by atoms with E-state index in [2.05, 4.69) is 127 Å². The summed E-state index contributed by atoms with van der Waals surface area (Å²) in [5, 5.41) is 8.35. The minimum absolute atomic E-state index is 0.724. The van der Waals surface area contributed by atoms with Gasteiger partial charge in [0.25, 0.3) is 0 Å². The maximum atomic E-state index is 6.16. The van der Waals surface area contributed by atoms with Gasteiger partial charge in [-0.1, -0.05) is 109 Å². The van der Waals surface area contributed by atoms with Gasteiger partial charge in [-0.25, -0.2) is 9.97 Å². The molecular weight excluding hydrogens is 581 g/mol. The van der Waals surface area contributed by atoms with Gasteiger partial charge in [0.2, 0.25) is 0 Å². The number of rotatable bonds is 3. The summed E-state index contributed by atoms with van der Waals surface area (Å²) in [6.45, 7) is 0. The molecule has 0 saturated heterocycles. The Balaban J connectivity index is 1.08. The number of nitrogens with zero attached hydrogens (tertiary/aromatic N) is 2. The molecule has 46 heavy (non-hydrogen) atoms. The molecule has 7 aromatic carbocycles. The summed E-state index contributed by atoms with van der Waals surface area (Å²) in [6.07, 6.45) is 0. The van der Waals surface area contributed by atoms with Crippen LogP contribution in [0.2, 0.25) is 0 Å². The van der Waals surface area contributed by atoms with Crippen molar-refractivity contribution in [3.63, 3.8) is 0 Å². The van der Waals surface area contributed by atoms with Crippen LogP contribution >= 0.6 is 11.3 Å². The molecule has 0 N–H and O–H groups in total.